The lowest BCUT2D eigenvalue weighted by molar-refractivity contribution is 0.483. The molecule has 5 nitrogen and oxygen atoms in total. The molecule has 0 aliphatic rings. The fourth-order valence-corrected chi connectivity index (χ4v) is 3.81. The number of hydrogen-bond acceptors (Lipinski definition) is 4. The van der Waals surface area contributed by atoms with Gasteiger partial charge in [0.1, 0.15) is 10.7 Å². The molecular formula is C21H16N2O3S. The maximum absolute atomic E-state index is 12.1. The van der Waals surface area contributed by atoms with Gasteiger partial charge in [0, 0.05) is 17.4 Å². The number of nitrogens with one attached hydrogen (secondary N) is 1. The summed E-state index contributed by atoms with van der Waals surface area (Å²) in [5.41, 5.74) is 1.77. The van der Waals surface area contributed by atoms with Crippen LogP contribution in [0.25, 0.3) is 21.9 Å². The van der Waals surface area contributed by atoms with Gasteiger partial charge in [-0.3, -0.25) is 4.55 Å². The molecule has 0 amide bonds. The van der Waals surface area contributed by atoms with Crippen LogP contribution in [0.4, 0.5) is 11.5 Å². The van der Waals surface area contributed by atoms with E-state index in [0.717, 1.165) is 16.5 Å². The van der Waals surface area contributed by atoms with Crippen LogP contribution >= 0.6 is 0 Å². The number of nitrogens with zero attached hydrogens (tertiary/aromatic N) is 1. The molecule has 0 fully saturated rings. The topological polar surface area (TPSA) is 79.3 Å². The van der Waals surface area contributed by atoms with Crippen LogP contribution < -0.4 is 5.32 Å². The number of fused-ring (bicyclic) bond motifs is 1. The second kappa shape index (κ2) is 6.83. The molecule has 0 spiro atoms. The summed E-state index contributed by atoms with van der Waals surface area (Å²) in [6.45, 7) is 0. The normalized spacial score (nSPS) is 11.4. The molecule has 0 atom stereocenters. The second-order valence-electron chi connectivity index (χ2n) is 6.03. The maximum Gasteiger partial charge on any atom is 0.295 e. The van der Waals surface area contributed by atoms with E-state index in [1.54, 1.807) is 0 Å². The fraction of sp³-hybridized carbons (Fsp3) is 0. The molecule has 6 heteroatoms. The molecule has 0 radical (unpaired) electrons. The third-order valence-electron chi connectivity index (χ3n) is 4.29. The summed E-state index contributed by atoms with van der Waals surface area (Å²) in [5, 5.41) is 4.99. The Hall–Kier alpha value is -3.22. The lowest BCUT2D eigenvalue weighted by Crippen LogP contribution is -2.05. The van der Waals surface area contributed by atoms with Crippen molar-refractivity contribution in [1.29, 1.82) is 0 Å². The van der Waals surface area contributed by atoms with Crippen molar-refractivity contribution in [3.63, 3.8) is 0 Å². The second-order valence-corrected chi connectivity index (χ2v) is 7.42. The van der Waals surface area contributed by atoms with Crippen LogP contribution in [0.1, 0.15) is 0 Å². The smallest absolute Gasteiger partial charge is 0.295 e. The Labute approximate surface area is 157 Å². The molecule has 3 aromatic carbocycles. The van der Waals surface area contributed by atoms with Crippen molar-refractivity contribution in [2.75, 3.05) is 5.32 Å². The SMILES string of the molecule is O=S(=O)(O)c1ccnc(Nc2ccccc2)c1-c1cccc2ccccc12. The zero-order valence-corrected chi connectivity index (χ0v) is 15.0. The summed E-state index contributed by atoms with van der Waals surface area (Å²) in [7, 11) is -4.45. The molecule has 27 heavy (non-hydrogen) atoms. The molecule has 4 rings (SSSR count). The predicted molar refractivity (Wildman–Crippen MR) is 107 cm³/mol. The zero-order chi connectivity index (χ0) is 18.9. The van der Waals surface area contributed by atoms with Gasteiger partial charge in [0.15, 0.2) is 0 Å². The average molecular weight is 376 g/mol. The lowest BCUT2D eigenvalue weighted by Gasteiger charge is -2.16. The number of rotatable bonds is 4. The van der Waals surface area contributed by atoms with Crippen molar-refractivity contribution in [2.45, 2.75) is 4.90 Å². The summed E-state index contributed by atoms with van der Waals surface area (Å²) < 4.78 is 33.9. The Balaban J connectivity index is 2.02. The summed E-state index contributed by atoms with van der Waals surface area (Å²) in [6, 6.07) is 23.9. The Kier molecular flexibility index (Phi) is 4.35. The minimum atomic E-state index is -4.45. The number of pyridine rings is 1. The van der Waals surface area contributed by atoms with Crippen molar-refractivity contribution in [2.24, 2.45) is 0 Å². The number of aromatic nitrogens is 1. The molecule has 1 aromatic heterocycles. The highest BCUT2D eigenvalue weighted by atomic mass is 32.2. The van der Waals surface area contributed by atoms with E-state index in [0.29, 0.717) is 16.9 Å². The van der Waals surface area contributed by atoms with Crippen LogP contribution in [0.2, 0.25) is 0 Å². The highest BCUT2D eigenvalue weighted by Crippen LogP contribution is 2.38. The van der Waals surface area contributed by atoms with Gasteiger partial charge in [0.2, 0.25) is 0 Å². The van der Waals surface area contributed by atoms with Gasteiger partial charge >= 0.3 is 0 Å². The van der Waals surface area contributed by atoms with E-state index in [4.69, 9.17) is 0 Å². The van der Waals surface area contributed by atoms with E-state index in [9.17, 15) is 13.0 Å². The van der Waals surface area contributed by atoms with E-state index >= 15 is 0 Å². The quantitative estimate of drug-likeness (QED) is 0.496. The molecule has 2 N–H and O–H groups in total. The monoisotopic (exact) mass is 376 g/mol. The summed E-state index contributed by atoms with van der Waals surface area (Å²) in [4.78, 5) is 4.16. The Morgan fingerprint density at radius 3 is 2.30 bits per heavy atom. The van der Waals surface area contributed by atoms with Gasteiger partial charge in [-0.2, -0.15) is 8.42 Å². The van der Waals surface area contributed by atoms with Crippen LogP contribution in [-0.2, 0) is 10.1 Å². The minimum Gasteiger partial charge on any atom is -0.340 e. The first-order chi connectivity index (χ1) is 13.0. The first-order valence-electron chi connectivity index (χ1n) is 8.31. The standard InChI is InChI=1S/C21H16N2O3S/c24-27(25,26)19-13-14-22-21(23-16-9-2-1-3-10-16)20(19)18-12-6-8-15-7-4-5-11-17(15)18/h1-14H,(H,22,23)(H,24,25,26). The zero-order valence-electron chi connectivity index (χ0n) is 14.2. The summed E-state index contributed by atoms with van der Waals surface area (Å²) >= 11 is 0. The number of hydrogen-bond donors (Lipinski definition) is 2. The molecule has 0 saturated heterocycles. The number of anilines is 2. The van der Waals surface area contributed by atoms with Gasteiger partial charge in [-0.1, -0.05) is 60.7 Å². The summed E-state index contributed by atoms with van der Waals surface area (Å²) in [6.07, 6.45) is 1.36. The first-order valence-corrected chi connectivity index (χ1v) is 9.75. The van der Waals surface area contributed by atoms with Gasteiger partial charge in [-0.05, 0) is 34.5 Å². The molecule has 4 aromatic rings. The molecule has 0 aliphatic heterocycles. The van der Waals surface area contributed by atoms with Gasteiger partial charge in [0.05, 0.1) is 0 Å². The molecule has 0 unspecified atom stereocenters. The van der Waals surface area contributed by atoms with E-state index < -0.39 is 10.1 Å². The van der Waals surface area contributed by atoms with Crippen LogP contribution in [0.15, 0.2) is 90.0 Å². The third kappa shape index (κ3) is 3.40. The minimum absolute atomic E-state index is 0.188. The number of benzene rings is 3. The molecular weight excluding hydrogens is 360 g/mol. The van der Waals surface area contributed by atoms with Gasteiger partial charge in [0.25, 0.3) is 10.1 Å². The van der Waals surface area contributed by atoms with E-state index in [1.807, 2.05) is 72.8 Å². The van der Waals surface area contributed by atoms with Crippen molar-refractivity contribution in [1.82, 2.24) is 4.98 Å². The van der Waals surface area contributed by atoms with E-state index in [1.165, 1.54) is 12.3 Å². The fourth-order valence-electron chi connectivity index (χ4n) is 3.12. The predicted octanol–water partition coefficient (Wildman–Crippen LogP) is 4.89. The molecule has 134 valence electrons. The number of para-hydroxylation sites is 1. The highest BCUT2D eigenvalue weighted by Gasteiger charge is 2.22. The van der Waals surface area contributed by atoms with Crippen LogP contribution in [0, 0.1) is 0 Å². The Morgan fingerprint density at radius 1 is 0.815 bits per heavy atom. The molecule has 0 saturated carbocycles. The molecule has 0 bridgehead atoms. The third-order valence-corrected chi connectivity index (χ3v) is 5.18. The van der Waals surface area contributed by atoms with Crippen molar-refractivity contribution in [3.8, 4) is 11.1 Å². The van der Waals surface area contributed by atoms with Crippen LogP contribution in [-0.4, -0.2) is 18.0 Å². The van der Waals surface area contributed by atoms with Gasteiger partial charge in [-0.15, -0.1) is 0 Å². The maximum atomic E-state index is 12.1. The molecule has 1 heterocycles. The van der Waals surface area contributed by atoms with E-state index in [-0.39, 0.29) is 4.90 Å². The highest BCUT2D eigenvalue weighted by molar-refractivity contribution is 7.86. The Bertz CT molecular complexity index is 1220. The van der Waals surface area contributed by atoms with E-state index in [2.05, 4.69) is 10.3 Å². The van der Waals surface area contributed by atoms with Gasteiger partial charge < -0.3 is 5.32 Å². The first kappa shape index (κ1) is 17.2. The molecule has 0 aliphatic carbocycles. The Morgan fingerprint density at radius 2 is 1.52 bits per heavy atom. The average Bonchev–Trinajstić information content (AvgIpc) is 2.68. The van der Waals surface area contributed by atoms with Crippen molar-refractivity contribution in [3.05, 3.63) is 85.1 Å². The van der Waals surface area contributed by atoms with Gasteiger partial charge in [-0.25, -0.2) is 4.98 Å². The summed E-state index contributed by atoms with van der Waals surface area (Å²) in [5.74, 6) is 0.354. The van der Waals surface area contributed by atoms with Crippen LogP contribution in [0.3, 0.4) is 0 Å². The van der Waals surface area contributed by atoms with Crippen molar-refractivity contribution >= 4 is 32.4 Å². The van der Waals surface area contributed by atoms with Crippen molar-refractivity contribution < 1.29 is 13.0 Å². The van der Waals surface area contributed by atoms with Crippen LogP contribution in [0.5, 0.6) is 0 Å². The largest absolute Gasteiger partial charge is 0.340 e. The lowest BCUT2D eigenvalue weighted by atomic mass is 9.98.